The molecule has 0 bridgehead atoms. The molecular formula is C18H20N4O2. The SMILES string of the molecule is Cc1ccccc1[C@@H]1C[C@@H](C)N(C(=O)c2nccnc2C(N)=O)C1. The van der Waals surface area contributed by atoms with E-state index in [2.05, 4.69) is 29.0 Å². The summed E-state index contributed by atoms with van der Waals surface area (Å²) in [5.41, 5.74) is 7.75. The topological polar surface area (TPSA) is 89.2 Å². The van der Waals surface area contributed by atoms with Gasteiger partial charge in [-0.2, -0.15) is 0 Å². The molecule has 1 aliphatic rings. The van der Waals surface area contributed by atoms with Crippen molar-refractivity contribution in [2.24, 2.45) is 5.73 Å². The highest BCUT2D eigenvalue weighted by molar-refractivity contribution is 6.04. The molecule has 2 aromatic rings. The summed E-state index contributed by atoms with van der Waals surface area (Å²) in [5.74, 6) is -0.756. The summed E-state index contributed by atoms with van der Waals surface area (Å²) in [6.07, 6.45) is 3.64. The largest absolute Gasteiger partial charge is 0.364 e. The van der Waals surface area contributed by atoms with Crippen molar-refractivity contribution < 1.29 is 9.59 Å². The van der Waals surface area contributed by atoms with Gasteiger partial charge in [0.25, 0.3) is 11.8 Å². The van der Waals surface area contributed by atoms with Gasteiger partial charge in [-0.1, -0.05) is 24.3 Å². The first-order valence-electron chi connectivity index (χ1n) is 7.96. The van der Waals surface area contributed by atoms with Gasteiger partial charge in [-0.3, -0.25) is 9.59 Å². The van der Waals surface area contributed by atoms with Gasteiger partial charge >= 0.3 is 0 Å². The molecule has 124 valence electrons. The van der Waals surface area contributed by atoms with Gasteiger partial charge in [-0.15, -0.1) is 0 Å². The summed E-state index contributed by atoms with van der Waals surface area (Å²) in [6.45, 7) is 4.69. The molecule has 1 aromatic heterocycles. The smallest absolute Gasteiger partial charge is 0.275 e. The number of amides is 2. The van der Waals surface area contributed by atoms with E-state index >= 15 is 0 Å². The molecule has 1 aliphatic heterocycles. The van der Waals surface area contributed by atoms with Crippen LogP contribution in [0.1, 0.15) is 51.4 Å². The number of rotatable bonds is 3. The second-order valence-electron chi connectivity index (χ2n) is 6.21. The molecule has 0 radical (unpaired) electrons. The minimum atomic E-state index is -0.742. The molecule has 2 heterocycles. The third-order valence-electron chi connectivity index (χ3n) is 4.60. The van der Waals surface area contributed by atoms with Gasteiger partial charge in [-0.25, -0.2) is 9.97 Å². The van der Waals surface area contributed by atoms with E-state index in [1.165, 1.54) is 23.5 Å². The molecule has 1 saturated heterocycles. The standard InChI is InChI=1S/C18H20N4O2/c1-11-5-3-4-6-14(11)13-9-12(2)22(10-13)18(24)16-15(17(19)23)20-7-8-21-16/h3-8,12-13H,9-10H2,1-2H3,(H2,19,23)/t12-,13-/m1/s1. The van der Waals surface area contributed by atoms with Crippen LogP contribution in [0.4, 0.5) is 0 Å². The Hall–Kier alpha value is -2.76. The number of likely N-dealkylation sites (tertiary alicyclic amines) is 1. The zero-order chi connectivity index (χ0) is 17.3. The molecule has 1 aromatic carbocycles. The van der Waals surface area contributed by atoms with E-state index in [9.17, 15) is 9.59 Å². The Kier molecular flexibility index (Phi) is 4.29. The van der Waals surface area contributed by atoms with Crippen LogP contribution in [0.3, 0.4) is 0 Å². The van der Waals surface area contributed by atoms with Crippen molar-refractivity contribution >= 4 is 11.8 Å². The van der Waals surface area contributed by atoms with Crippen LogP contribution >= 0.6 is 0 Å². The quantitative estimate of drug-likeness (QED) is 0.934. The summed E-state index contributed by atoms with van der Waals surface area (Å²) in [6, 6.07) is 8.28. The first-order chi connectivity index (χ1) is 11.5. The maximum Gasteiger partial charge on any atom is 0.275 e. The third-order valence-corrected chi connectivity index (χ3v) is 4.60. The van der Waals surface area contributed by atoms with Crippen molar-refractivity contribution in [1.82, 2.24) is 14.9 Å². The zero-order valence-electron chi connectivity index (χ0n) is 13.8. The van der Waals surface area contributed by atoms with E-state index < -0.39 is 5.91 Å². The minimum absolute atomic E-state index is 0.0299. The number of hydrogen-bond acceptors (Lipinski definition) is 4. The maximum absolute atomic E-state index is 12.9. The molecule has 6 nitrogen and oxygen atoms in total. The average molecular weight is 324 g/mol. The predicted octanol–water partition coefficient (Wildman–Crippen LogP) is 1.90. The number of nitrogens with two attached hydrogens (primary N) is 1. The van der Waals surface area contributed by atoms with Crippen LogP contribution in [0.5, 0.6) is 0 Å². The highest BCUT2D eigenvalue weighted by Crippen LogP contribution is 2.34. The first kappa shape index (κ1) is 16.1. The molecule has 0 saturated carbocycles. The Labute approximate surface area is 140 Å². The Bertz CT molecular complexity index is 790. The Morgan fingerprint density at radius 1 is 1.17 bits per heavy atom. The molecule has 2 atom stereocenters. The lowest BCUT2D eigenvalue weighted by molar-refractivity contribution is 0.0733. The highest BCUT2D eigenvalue weighted by atomic mass is 16.2. The van der Waals surface area contributed by atoms with Crippen LogP contribution in [-0.4, -0.2) is 39.3 Å². The molecule has 0 spiro atoms. The molecule has 2 N–H and O–H groups in total. The van der Waals surface area contributed by atoms with Crippen molar-refractivity contribution in [1.29, 1.82) is 0 Å². The lowest BCUT2D eigenvalue weighted by Crippen LogP contribution is -2.36. The summed E-state index contributed by atoms with van der Waals surface area (Å²) in [7, 11) is 0. The normalized spacial score (nSPS) is 20.2. The molecule has 2 amide bonds. The molecule has 1 fully saturated rings. The van der Waals surface area contributed by atoms with Crippen molar-refractivity contribution in [3.8, 4) is 0 Å². The lowest BCUT2D eigenvalue weighted by atomic mass is 9.93. The van der Waals surface area contributed by atoms with Crippen LogP contribution in [0.2, 0.25) is 0 Å². The highest BCUT2D eigenvalue weighted by Gasteiger charge is 2.36. The van der Waals surface area contributed by atoms with Crippen LogP contribution in [-0.2, 0) is 0 Å². The van der Waals surface area contributed by atoms with Gasteiger partial charge in [0, 0.05) is 30.9 Å². The Balaban J connectivity index is 1.87. The molecular weight excluding hydrogens is 304 g/mol. The summed E-state index contributed by atoms with van der Waals surface area (Å²) in [5, 5.41) is 0. The van der Waals surface area contributed by atoms with Gasteiger partial charge < -0.3 is 10.6 Å². The summed E-state index contributed by atoms with van der Waals surface area (Å²) < 4.78 is 0. The monoisotopic (exact) mass is 324 g/mol. The number of benzene rings is 1. The number of aryl methyl sites for hydroxylation is 1. The number of carbonyl (C=O) groups is 2. The number of hydrogen-bond donors (Lipinski definition) is 1. The van der Waals surface area contributed by atoms with Gasteiger partial charge in [0.15, 0.2) is 11.4 Å². The molecule has 24 heavy (non-hydrogen) atoms. The zero-order valence-corrected chi connectivity index (χ0v) is 13.8. The Morgan fingerprint density at radius 3 is 2.50 bits per heavy atom. The summed E-state index contributed by atoms with van der Waals surface area (Å²) >= 11 is 0. The molecule has 0 unspecified atom stereocenters. The second kappa shape index (κ2) is 6.39. The fourth-order valence-electron chi connectivity index (χ4n) is 3.40. The van der Waals surface area contributed by atoms with E-state index in [-0.39, 0.29) is 29.3 Å². The fourth-order valence-corrected chi connectivity index (χ4v) is 3.40. The van der Waals surface area contributed by atoms with Gasteiger partial charge in [0.05, 0.1) is 0 Å². The summed E-state index contributed by atoms with van der Waals surface area (Å²) in [4.78, 5) is 34.1. The molecule has 3 rings (SSSR count). The van der Waals surface area contributed by atoms with Gasteiger partial charge in [-0.05, 0) is 31.4 Å². The van der Waals surface area contributed by atoms with E-state index in [0.29, 0.717) is 6.54 Å². The number of primary amides is 1. The van der Waals surface area contributed by atoms with Crippen LogP contribution < -0.4 is 5.73 Å². The second-order valence-corrected chi connectivity index (χ2v) is 6.21. The van der Waals surface area contributed by atoms with Crippen molar-refractivity contribution in [3.05, 3.63) is 59.2 Å². The van der Waals surface area contributed by atoms with E-state index in [4.69, 9.17) is 5.73 Å². The van der Waals surface area contributed by atoms with Gasteiger partial charge in [0.1, 0.15) is 0 Å². The number of nitrogens with zero attached hydrogens (tertiary/aromatic N) is 3. The minimum Gasteiger partial charge on any atom is -0.364 e. The maximum atomic E-state index is 12.9. The van der Waals surface area contributed by atoms with Crippen molar-refractivity contribution in [2.75, 3.05) is 6.54 Å². The predicted molar refractivity (Wildman–Crippen MR) is 89.6 cm³/mol. The van der Waals surface area contributed by atoms with Gasteiger partial charge in [0.2, 0.25) is 0 Å². The van der Waals surface area contributed by atoms with Crippen LogP contribution in [0, 0.1) is 6.92 Å². The fraction of sp³-hybridized carbons (Fsp3) is 0.333. The molecule has 6 heteroatoms. The Morgan fingerprint density at radius 2 is 1.83 bits per heavy atom. The van der Waals surface area contributed by atoms with E-state index in [1.807, 2.05) is 19.1 Å². The molecule has 0 aliphatic carbocycles. The number of carbonyl (C=O) groups excluding carboxylic acids is 2. The van der Waals surface area contributed by atoms with Crippen LogP contribution in [0.15, 0.2) is 36.7 Å². The van der Waals surface area contributed by atoms with Crippen molar-refractivity contribution in [2.45, 2.75) is 32.2 Å². The van der Waals surface area contributed by atoms with E-state index in [0.717, 1.165) is 6.42 Å². The van der Waals surface area contributed by atoms with Crippen LogP contribution in [0.25, 0.3) is 0 Å². The first-order valence-corrected chi connectivity index (χ1v) is 7.96. The average Bonchev–Trinajstić information content (AvgIpc) is 2.96. The van der Waals surface area contributed by atoms with E-state index in [1.54, 1.807) is 4.90 Å². The number of aromatic nitrogens is 2. The lowest BCUT2D eigenvalue weighted by Gasteiger charge is -2.21. The van der Waals surface area contributed by atoms with Crippen molar-refractivity contribution in [3.63, 3.8) is 0 Å². The third kappa shape index (κ3) is 2.87.